The first-order valence-corrected chi connectivity index (χ1v) is 11.6. The largest absolute Gasteiger partial charge is 0.494 e. The number of hydrogen-bond donors (Lipinski definition) is 0. The third-order valence-electron chi connectivity index (χ3n) is 5.39. The van der Waals surface area contributed by atoms with Gasteiger partial charge < -0.3 is 9.47 Å². The first-order valence-electron chi connectivity index (χ1n) is 11.6. The molecular formula is C28H42NO4+. The Morgan fingerprint density at radius 2 is 1.30 bits per heavy atom. The van der Waals surface area contributed by atoms with Gasteiger partial charge >= 0.3 is 5.97 Å². The van der Waals surface area contributed by atoms with Gasteiger partial charge in [-0.05, 0) is 61.7 Å². The zero-order valence-corrected chi connectivity index (χ0v) is 20.1. The maximum absolute atomic E-state index is 12.0. The van der Waals surface area contributed by atoms with E-state index in [1.807, 2.05) is 24.3 Å². The molecule has 0 aliphatic heterocycles. The van der Waals surface area contributed by atoms with Crippen LogP contribution in [-0.4, -0.2) is 46.1 Å². The normalized spacial score (nSPS) is 10.9. The van der Waals surface area contributed by atoms with Crippen LogP contribution < -0.4 is 9.22 Å². The molecule has 182 valence electrons. The number of hydrogen-bond acceptors (Lipinski definition) is 4. The number of carbonyl (C=O) groups excluding carboxylic acids is 2. The standard InChI is InChI=1S/C27H38NO4.CH4/c1-22(29)24-13-17-26(18-14-24)31-19-9-7-5-6-8-10-20-32-27(30)21-23-11-15-25(16-12-23)28(2,3)4;/h11-18H,5-10,19-21H2,1-4H3;1H4/q+1;. The third-order valence-corrected chi connectivity index (χ3v) is 5.39. The van der Waals surface area contributed by atoms with E-state index in [4.69, 9.17) is 9.47 Å². The Kier molecular flexibility index (Phi) is 12.5. The summed E-state index contributed by atoms with van der Waals surface area (Å²) in [7, 11) is 6.36. The predicted octanol–water partition coefficient (Wildman–Crippen LogP) is 6.23. The number of ether oxygens (including phenoxy) is 2. The molecule has 0 aromatic heterocycles. The van der Waals surface area contributed by atoms with Gasteiger partial charge in [-0.3, -0.25) is 14.1 Å². The summed E-state index contributed by atoms with van der Waals surface area (Å²) in [6.45, 7) is 2.74. The average molecular weight is 457 g/mol. The van der Waals surface area contributed by atoms with Gasteiger partial charge in [0.25, 0.3) is 0 Å². The second-order valence-corrected chi connectivity index (χ2v) is 9.13. The number of esters is 1. The van der Waals surface area contributed by atoms with E-state index in [0.717, 1.165) is 54.3 Å². The quantitative estimate of drug-likeness (QED) is 0.146. The van der Waals surface area contributed by atoms with Crippen LogP contribution in [0.2, 0.25) is 0 Å². The van der Waals surface area contributed by atoms with Crippen molar-refractivity contribution in [3.63, 3.8) is 0 Å². The fourth-order valence-corrected chi connectivity index (χ4v) is 3.35. The van der Waals surface area contributed by atoms with Crippen molar-refractivity contribution >= 4 is 17.4 Å². The summed E-state index contributed by atoms with van der Waals surface area (Å²) < 4.78 is 11.8. The molecule has 33 heavy (non-hydrogen) atoms. The van der Waals surface area contributed by atoms with Crippen LogP contribution in [0.3, 0.4) is 0 Å². The minimum atomic E-state index is -0.156. The molecular weight excluding hydrogens is 414 g/mol. The van der Waals surface area contributed by atoms with E-state index < -0.39 is 0 Å². The van der Waals surface area contributed by atoms with Crippen molar-refractivity contribution in [1.29, 1.82) is 0 Å². The van der Waals surface area contributed by atoms with Gasteiger partial charge in [0, 0.05) is 5.56 Å². The smallest absolute Gasteiger partial charge is 0.310 e. The second-order valence-electron chi connectivity index (χ2n) is 9.13. The monoisotopic (exact) mass is 456 g/mol. The number of unbranched alkanes of at least 4 members (excludes halogenated alkanes) is 5. The van der Waals surface area contributed by atoms with Crippen LogP contribution in [0.15, 0.2) is 48.5 Å². The van der Waals surface area contributed by atoms with Gasteiger partial charge in [-0.15, -0.1) is 0 Å². The molecule has 5 nitrogen and oxygen atoms in total. The van der Waals surface area contributed by atoms with Crippen LogP contribution in [0.1, 0.15) is 68.8 Å². The molecule has 0 aliphatic carbocycles. The molecule has 0 N–H and O–H groups in total. The molecule has 2 rings (SSSR count). The Morgan fingerprint density at radius 1 is 0.758 bits per heavy atom. The summed E-state index contributed by atoms with van der Waals surface area (Å²) in [5.74, 6) is 0.717. The number of carbonyl (C=O) groups is 2. The number of ketones is 1. The van der Waals surface area contributed by atoms with Crippen molar-refractivity contribution < 1.29 is 19.1 Å². The van der Waals surface area contributed by atoms with Gasteiger partial charge in [0.15, 0.2) is 5.78 Å². The SMILES string of the molecule is C.CC(=O)c1ccc(OCCCCCCCCOC(=O)Cc2ccc([N+](C)(C)C)cc2)cc1. The van der Waals surface area contributed by atoms with Crippen molar-refractivity contribution in [3.8, 4) is 5.75 Å². The van der Waals surface area contributed by atoms with Gasteiger partial charge in [0.1, 0.15) is 11.4 Å². The van der Waals surface area contributed by atoms with E-state index in [1.54, 1.807) is 19.1 Å². The van der Waals surface area contributed by atoms with Gasteiger partial charge in [-0.1, -0.05) is 45.2 Å². The Morgan fingerprint density at radius 3 is 1.85 bits per heavy atom. The Bertz CT molecular complexity index is 836. The molecule has 0 aliphatic rings. The Balaban J connectivity index is 0.00000544. The van der Waals surface area contributed by atoms with Crippen molar-refractivity contribution in [2.45, 2.75) is 59.3 Å². The lowest BCUT2D eigenvalue weighted by atomic mass is 10.1. The molecule has 5 heteroatoms. The number of Topliss-reactive ketones (excluding diaryl/α,β-unsaturated/α-hetero) is 1. The van der Waals surface area contributed by atoms with Crippen LogP contribution in [0.25, 0.3) is 0 Å². The third kappa shape index (κ3) is 11.2. The molecule has 0 heterocycles. The lowest BCUT2D eigenvalue weighted by Gasteiger charge is -2.23. The van der Waals surface area contributed by atoms with Crippen LogP contribution in [0.4, 0.5) is 5.69 Å². The molecule has 0 amide bonds. The van der Waals surface area contributed by atoms with E-state index in [-0.39, 0.29) is 19.2 Å². The number of quaternary nitrogens is 1. The second kappa shape index (κ2) is 14.5. The van der Waals surface area contributed by atoms with E-state index in [0.29, 0.717) is 25.2 Å². The summed E-state index contributed by atoms with van der Waals surface area (Å²) in [6.07, 6.45) is 6.72. The number of nitrogens with zero attached hydrogens (tertiary/aromatic N) is 1. The number of benzene rings is 2. The van der Waals surface area contributed by atoms with E-state index in [9.17, 15) is 9.59 Å². The van der Waals surface area contributed by atoms with Gasteiger partial charge in [0.05, 0.1) is 40.8 Å². The summed E-state index contributed by atoms with van der Waals surface area (Å²) in [5.41, 5.74) is 2.90. The fraction of sp³-hybridized carbons (Fsp3) is 0.500. The first-order chi connectivity index (χ1) is 15.3. The highest BCUT2D eigenvalue weighted by Gasteiger charge is 2.12. The topological polar surface area (TPSA) is 52.6 Å². The van der Waals surface area contributed by atoms with E-state index in [1.165, 1.54) is 5.69 Å². The lowest BCUT2D eigenvalue weighted by Crippen LogP contribution is -2.34. The zero-order valence-electron chi connectivity index (χ0n) is 20.1. The molecule has 0 radical (unpaired) electrons. The van der Waals surface area contributed by atoms with Crippen molar-refractivity contribution in [2.24, 2.45) is 0 Å². The summed E-state index contributed by atoms with van der Waals surface area (Å²) in [6, 6.07) is 15.4. The minimum Gasteiger partial charge on any atom is -0.494 e. The highest BCUT2D eigenvalue weighted by atomic mass is 16.5. The van der Waals surface area contributed by atoms with Crippen molar-refractivity contribution in [3.05, 3.63) is 59.7 Å². The van der Waals surface area contributed by atoms with E-state index >= 15 is 0 Å². The van der Waals surface area contributed by atoms with E-state index in [2.05, 4.69) is 33.3 Å². The van der Waals surface area contributed by atoms with Gasteiger partial charge in [-0.2, -0.15) is 0 Å². The number of rotatable bonds is 14. The Hall–Kier alpha value is -2.66. The van der Waals surface area contributed by atoms with Gasteiger partial charge in [-0.25, -0.2) is 0 Å². The predicted molar refractivity (Wildman–Crippen MR) is 137 cm³/mol. The van der Waals surface area contributed by atoms with Crippen LogP contribution >= 0.6 is 0 Å². The molecule has 0 unspecified atom stereocenters. The molecule has 0 fully saturated rings. The average Bonchev–Trinajstić information content (AvgIpc) is 2.75. The summed E-state index contributed by atoms with van der Waals surface area (Å²) >= 11 is 0. The maximum Gasteiger partial charge on any atom is 0.310 e. The Labute approximate surface area is 200 Å². The minimum absolute atomic E-state index is 0. The molecule has 2 aromatic rings. The zero-order chi connectivity index (χ0) is 23.4. The molecule has 0 saturated carbocycles. The lowest BCUT2D eigenvalue weighted by molar-refractivity contribution is -0.142. The van der Waals surface area contributed by atoms with Crippen molar-refractivity contribution in [1.82, 2.24) is 4.48 Å². The highest BCUT2D eigenvalue weighted by Crippen LogP contribution is 2.18. The van der Waals surface area contributed by atoms with Gasteiger partial charge in [0.2, 0.25) is 0 Å². The summed E-state index contributed by atoms with van der Waals surface area (Å²) in [5, 5.41) is 0. The molecule has 2 aromatic carbocycles. The fourth-order valence-electron chi connectivity index (χ4n) is 3.35. The molecule has 0 spiro atoms. The van der Waals surface area contributed by atoms with Crippen LogP contribution in [-0.2, 0) is 16.0 Å². The van der Waals surface area contributed by atoms with Crippen LogP contribution in [0.5, 0.6) is 5.75 Å². The molecule has 0 atom stereocenters. The molecule has 0 bridgehead atoms. The highest BCUT2D eigenvalue weighted by molar-refractivity contribution is 5.94. The first kappa shape index (κ1) is 28.4. The summed E-state index contributed by atoms with van der Waals surface area (Å²) in [4.78, 5) is 23.3. The van der Waals surface area contributed by atoms with Crippen molar-refractivity contribution in [2.75, 3.05) is 34.4 Å². The molecule has 0 saturated heterocycles. The van der Waals surface area contributed by atoms with Crippen LogP contribution in [0, 0.1) is 0 Å². The maximum atomic E-state index is 12.0.